The van der Waals surface area contributed by atoms with Crippen molar-refractivity contribution in [3.8, 4) is 23.0 Å². The Labute approximate surface area is 137 Å². The van der Waals surface area contributed by atoms with Crippen LogP contribution in [0.5, 0.6) is 23.0 Å². The van der Waals surface area contributed by atoms with Crippen LogP contribution >= 0.6 is 0 Å². The highest BCUT2D eigenvalue weighted by atomic mass is 16.5. The van der Waals surface area contributed by atoms with E-state index < -0.39 is 0 Å². The van der Waals surface area contributed by atoms with E-state index in [-0.39, 0.29) is 0 Å². The normalized spacial score (nSPS) is 11.1. The van der Waals surface area contributed by atoms with E-state index in [1.54, 1.807) is 28.4 Å². The van der Waals surface area contributed by atoms with E-state index in [2.05, 4.69) is 0 Å². The van der Waals surface area contributed by atoms with Gasteiger partial charge < -0.3 is 18.9 Å². The molecule has 0 aliphatic rings. The minimum atomic E-state index is 0.737. The number of hydrogen-bond acceptors (Lipinski definition) is 4. The number of ether oxygens (including phenoxy) is 4. The molecule has 0 fully saturated rings. The van der Waals surface area contributed by atoms with Gasteiger partial charge in [-0.15, -0.1) is 0 Å². The second-order valence-corrected chi connectivity index (χ2v) is 4.87. The van der Waals surface area contributed by atoms with Gasteiger partial charge in [0, 0.05) is 11.6 Å². The van der Waals surface area contributed by atoms with Gasteiger partial charge in [-0.1, -0.05) is 6.08 Å². The van der Waals surface area contributed by atoms with Crippen LogP contribution in [-0.2, 0) is 0 Å². The van der Waals surface area contributed by atoms with Crippen molar-refractivity contribution in [2.75, 3.05) is 28.4 Å². The van der Waals surface area contributed by atoms with E-state index in [4.69, 9.17) is 18.9 Å². The summed E-state index contributed by atoms with van der Waals surface area (Å²) in [4.78, 5) is 0. The third-order valence-electron chi connectivity index (χ3n) is 3.65. The van der Waals surface area contributed by atoms with Gasteiger partial charge in [0.2, 0.25) is 0 Å². The summed E-state index contributed by atoms with van der Waals surface area (Å²) >= 11 is 0. The molecule has 0 radical (unpaired) electrons. The zero-order chi connectivity index (χ0) is 16.8. The number of hydrogen-bond donors (Lipinski definition) is 0. The summed E-state index contributed by atoms with van der Waals surface area (Å²) in [6.07, 6.45) is 2.03. The molecule has 0 bridgehead atoms. The summed E-state index contributed by atoms with van der Waals surface area (Å²) < 4.78 is 21.6. The minimum Gasteiger partial charge on any atom is -0.497 e. The summed E-state index contributed by atoms with van der Waals surface area (Å²) in [5, 5.41) is 0. The first-order valence-corrected chi connectivity index (χ1v) is 7.29. The Morgan fingerprint density at radius 1 is 0.739 bits per heavy atom. The molecule has 0 saturated carbocycles. The highest BCUT2D eigenvalue weighted by Crippen LogP contribution is 2.36. The first-order valence-electron chi connectivity index (χ1n) is 7.29. The first kappa shape index (κ1) is 16.7. The van der Waals surface area contributed by atoms with Crippen molar-refractivity contribution >= 4 is 5.57 Å². The Hall–Kier alpha value is -2.62. The van der Waals surface area contributed by atoms with Crippen molar-refractivity contribution in [2.45, 2.75) is 6.92 Å². The molecular formula is C19H22O4. The Bertz CT molecular complexity index is 682. The molecule has 0 amide bonds. The van der Waals surface area contributed by atoms with Gasteiger partial charge in [0.05, 0.1) is 28.4 Å². The molecule has 0 aliphatic carbocycles. The summed E-state index contributed by atoms with van der Waals surface area (Å²) in [6.45, 7) is 1.99. The molecule has 4 heteroatoms. The quantitative estimate of drug-likeness (QED) is 0.802. The molecule has 0 saturated heterocycles. The third-order valence-corrected chi connectivity index (χ3v) is 3.65. The molecule has 0 N–H and O–H groups in total. The molecule has 0 aliphatic heterocycles. The average molecular weight is 314 g/mol. The van der Waals surface area contributed by atoms with Gasteiger partial charge in [0.1, 0.15) is 23.0 Å². The van der Waals surface area contributed by atoms with Gasteiger partial charge in [-0.25, -0.2) is 0 Å². The van der Waals surface area contributed by atoms with Crippen molar-refractivity contribution in [1.82, 2.24) is 0 Å². The maximum atomic E-state index is 5.50. The van der Waals surface area contributed by atoms with Crippen molar-refractivity contribution in [3.63, 3.8) is 0 Å². The van der Waals surface area contributed by atoms with Crippen molar-refractivity contribution in [3.05, 3.63) is 53.6 Å². The Morgan fingerprint density at radius 3 is 1.83 bits per heavy atom. The zero-order valence-electron chi connectivity index (χ0n) is 14.2. The van der Waals surface area contributed by atoms with Gasteiger partial charge >= 0.3 is 0 Å². The van der Waals surface area contributed by atoms with Crippen LogP contribution in [0.2, 0.25) is 0 Å². The molecule has 2 rings (SSSR count). The van der Waals surface area contributed by atoms with Crippen LogP contribution in [0.4, 0.5) is 0 Å². The Morgan fingerprint density at radius 2 is 1.35 bits per heavy atom. The van der Waals surface area contributed by atoms with Gasteiger partial charge in [0.25, 0.3) is 0 Å². The highest BCUT2D eigenvalue weighted by Gasteiger charge is 2.14. The van der Waals surface area contributed by atoms with Crippen LogP contribution in [0, 0.1) is 0 Å². The van der Waals surface area contributed by atoms with E-state index in [1.807, 2.05) is 49.4 Å². The first-order chi connectivity index (χ1) is 11.2. The van der Waals surface area contributed by atoms with Crippen LogP contribution in [0.3, 0.4) is 0 Å². The standard InChI is InChI=1S/C19H22O4/c1-6-17(13-9-15(21-3)11-16(10-13)22-4)18-12-14(20-2)7-8-19(18)23-5/h6-12H,1-5H3. The van der Waals surface area contributed by atoms with Gasteiger partial charge in [-0.3, -0.25) is 0 Å². The predicted octanol–water partition coefficient (Wildman–Crippen LogP) is 4.17. The van der Waals surface area contributed by atoms with Crippen molar-refractivity contribution in [2.24, 2.45) is 0 Å². The summed E-state index contributed by atoms with van der Waals surface area (Å²) in [7, 11) is 6.58. The van der Waals surface area contributed by atoms with E-state index in [0.29, 0.717) is 0 Å². The second kappa shape index (κ2) is 7.58. The second-order valence-electron chi connectivity index (χ2n) is 4.87. The largest absolute Gasteiger partial charge is 0.497 e. The lowest BCUT2D eigenvalue weighted by Gasteiger charge is -2.15. The zero-order valence-corrected chi connectivity index (χ0v) is 14.2. The topological polar surface area (TPSA) is 36.9 Å². The highest BCUT2D eigenvalue weighted by molar-refractivity contribution is 5.84. The number of methoxy groups -OCH3 is 4. The number of benzene rings is 2. The van der Waals surface area contributed by atoms with E-state index in [1.165, 1.54) is 0 Å². The molecule has 0 aromatic heterocycles. The molecule has 2 aromatic rings. The summed E-state index contributed by atoms with van der Waals surface area (Å²) in [5.41, 5.74) is 2.94. The lowest BCUT2D eigenvalue weighted by Crippen LogP contribution is -1.96. The van der Waals surface area contributed by atoms with Gasteiger partial charge in [-0.2, -0.15) is 0 Å². The molecule has 4 nitrogen and oxygen atoms in total. The monoisotopic (exact) mass is 314 g/mol. The maximum absolute atomic E-state index is 5.50. The SMILES string of the molecule is CC=C(c1cc(OC)cc(OC)c1)c1cc(OC)ccc1OC. The third kappa shape index (κ3) is 3.59. The average Bonchev–Trinajstić information content (AvgIpc) is 2.61. The molecule has 2 aromatic carbocycles. The summed E-state index contributed by atoms with van der Waals surface area (Å²) in [5.74, 6) is 3.02. The lowest BCUT2D eigenvalue weighted by molar-refractivity contribution is 0.394. The van der Waals surface area contributed by atoms with Crippen LogP contribution < -0.4 is 18.9 Å². The maximum Gasteiger partial charge on any atom is 0.126 e. The van der Waals surface area contributed by atoms with Crippen LogP contribution in [0.25, 0.3) is 5.57 Å². The van der Waals surface area contributed by atoms with Crippen molar-refractivity contribution in [1.29, 1.82) is 0 Å². The van der Waals surface area contributed by atoms with Gasteiger partial charge in [-0.05, 0) is 48.4 Å². The lowest BCUT2D eigenvalue weighted by atomic mass is 9.96. The molecule has 0 spiro atoms. The summed E-state index contributed by atoms with van der Waals surface area (Å²) in [6, 6.07) is 11.5. The molecule has 0 unspecified atom stereocenters. The van der Waals surface area contributed by atoms with Crippen LogP contribution in [0.15, 0.2) is 42.5 Å². The minimum absolute atomic E-state index is 0.737. The fourth-order valence-corrected chi connectivity index (χ4v) is 2.47. The van der Waals surface area contributed by atoms with Gasteiger partial charge in [0.15, 0.2) is 0 Å². The number of rotatable bonds is 6. The Kier molecular flexibility index (Phi) is 5.52. The van der Waals surface area contributed by atoms with E-state index in [0.717, 1.165) is 39.7 Å². The molecule has 23 heavy (non-hydrogen) atoms. The van der Waals surface area contributed by atoms with Crippen LogP contribution in [0.1, 0.15) is 18.1 Å². The predicted molar refractivity (Wildman–Crippen MR) is 91.8 cm³/mol. The van der Waals surface area contributed by atoms with E-state index in [9.17, 15) is 0 Å². The fraction of sp³-hybridized carbons (Fsp3) is 0.263. The van der Waals surface area contributed by atoms with Crippen LogP contribution in [-0.4, -0.2) is 28.4 Å². The Balaban J connectivity index is 2.61. The number of allylic oxidation sites excluding steroid dienone is 1. The van der Waals surface area contributed by atoms with E-state index >= 15 is 0 Å². The fourth-order valence-electron chi connectivity index (χ4n) is 2.47. The molecular weight excluding hydrogens is 292 g/mol. The smallest absolute Gasteiger partial charge is 0.126 e. The van der Waals surface area contributed by atoms with Crippen molar-refractivity contribution < 1.29 is 18.9 Å². The molecule has 0 atom stereocenters. The molecule has 0 heterocycles. The molecule has 122 valence electrons.